The van der Waals surface area contributed by atoms with Crippen molar-refractivity contribution in [3.63, 3.8) is 0 Å². The van der Waals surface area contributed by atoms with E-state index in [9.17, 15) is 10.1 Å². The van der Waals surface area contributed by atoms with Crippen LogP contribution in [0, 0.1) is 15.5 Å². The molecule has 5 nitrogen and oxygen atoms in total. The molecule has 2 N–H and O–H groups in total. The minimum absolute atomic E-state index is 0.0272. The zero-order valence-corrected chi connectivity index (χ0v) is 12.6. The van der Waals surface area contributed by atoms with Crippen LogP contribution in [0.5, 0.6) is 0 Å². The first kappa shape index (κ1) is 15.2. The van der Waals surface area contributed by atoms with Crippen molar-refractivity contribution in [1.82, 2.24) is 4.90 Å². The average molecular weight is 298 g/mol. The highest BCUT2D eigenvalue weighted by Gasteiger charge is 2.33. The van der Waals surface area contributed by atoms with Gasteiger partial charge in [-0.1, -0.05) is 25.4 Å². The maximum Gasteiger partial charge on any atom is 0.275 e. The van der Waals surface area contributed by atoms with Crippen LogP contribution in [0.4, 0.5) is 5.69 Å². The molecule has 0 aromatic heterocycles. The molecule has 1 heterocycles. The Labute approximate surface area is 123 Å². The summed E-state index contributed by atoms with van der Waals surface area (Å²) in [6.07, 6.45) is 0.911. The fourth-order valence-corrected chi connectivity index (χ4v) is 2.87. The summed E-state index contributed by atoms with van der Waals surface area (Å²) in [4.78, 5) is 13.0. The van der Waals surface area contributed by atoms with Gasteiger partial charge in [0.15, 0.2) is 0 Å². The van der Waals surface area contributed by atoms with E-state index < -0.39 is 0 Å². The Bertz CT molecular complexity index is 519. The third-order valence-electron chi connectivity index (χ3n) is 4.03. The molecule has 0 aliphatic carbocycles. The van der Waals surface area contributed by atoms with Gasteiger partial charge in [-0.2, -0.15) is 0 Å². The third kappa shape index (κ3) is 3.29. The second-order valence-corrected chi connectivity index (χ2v) is 6.56. The first-order valence-corrected chi connectivity index (χ1v) is 7.08. The SMILES string of the molecule is CC1(C)CN(Cc2ccc(Cl)cc2[N+](=O)[O-])CCC1N. The standard InChI is InChI=1S/C14H20ClN3O2/c1-14(2)9-17(6-5-13(14)16)8-10-3-4-11(15)7-12(10)18(19)20/h3-4,7,13H,5-6,8-9,16H2,1-2H3. The largest absolute Gasteiger partial charge is 0.327 e. The van der Waals surface area contributed by atoms with Gasteiger partial charge in [-0.05, 0) is 24.0 Å². The monoisotopic (exact) mass is 297 g/mol. The molecule has 110 valence electrons. The van der Waals surface area contributed by atoms with Gasteiger partial charge in [0.2, 0.25) is 0 Å². The van der Waals surface area contributed by atoms with E-state index in [4.69, 9.17) is 17.3 Å². The van der Waals surface area contributed by atoms with Gasteiger partial charge >= 0.3 is 0 Å². The molecule has 0 bridgehead atoms. The molecular weight excluding hydrogens is 278 g/mol. The lowest BCUT2D eigenvalue weighted by molar-refractivity contribution is -0.385. The van der Waals surface area contributed by atoms with E-state index in [0.29, 0.717) is 17.1 Å². The molecular formula is C14H20ClN3O2. The Morgan fingerprint density at radius 2 is 2.25 bits per heavy atom. The number of rotatable bonds is 3. The molecule has 1 fully saturated rings. The van der Waals surface area contributed by atoms with Crippen LogP contribution in [0.1, 0.15) is 25.8 Å². The van der Waals surface area contributed by atoms with Crippen LogP contribution in [-0.4, -0.2) is 29.0 Å². The molecule has 0 spiro atoms. The van der Waals surface area contributed by atoms with Crippen molar-refractivity contribution in [3.8, 4) is 0 Å². The lowest BCUT2D eigenvalue weighted by Crippen LogP contribution is -2.52. The zero-order chi connectivity index (χ0) is 14.9. The fourth-order valence-electron chi connectivity index (χ4n) is 2.70. The first-order chi connectivity index (χ1) is 9.29. The van der Waals surface area contributed by atoms with E-state index in [2.05, 4.69) is 18.7 Å². The maximum absolute atomic E-state index is 11.1. The summed E-state index contributed by atoms with van der Waals surface area (Å²) < 4.78 is 0. The van der Waals surface area contributed by atoms with E-state index in [0.717, 1.165) is 19.5 Å². The molecule has 1 saturated heterocycles. The lowest BCUT2D eigenvalue weighted by atomic mass is 9.79. The van der Waals surface area contributed by atoms with Crippen molar-refractivity contribution >= 4 is 17.3 Å². The molecule has 1 aromatic carbocycles. The quantitative estimate of drug-likeness (QED) is 0.688. The molecule has 20 heavy (non-hydrogen) atoms. The fraction of sp³-hybridized carbons (Fsp3) is 0.571. The van der Waals surface area contributed by atoms with Crippen LogP contribution in [-0.2, 0) is 6.54 Å². The van der Waals surface area contributed by atoms with Gasteiger partial charge in [0.05, 0.1) is 4.92 Å². The molecule has 0 saturated carbocycles. The highest BCUT2D eigenvalue weighted by molar-refractivity contribution is 6.30. The maximum atomic E-state index is 11.1. The van der Waals surface area contributed by atoms with Crippen LogP contribution in [0.15, 0.2) is 18.2 Å². The number of halogens is 1. The van der Waals surface area contributed by atoms with E-state index >= 15 is 0 Å². The Balaban J connectivity index is 2.17. The van der Waals surface area contributed by atoms with E-state index in [1.807, 2.05) is 0 Å². The Hall–Kier alpha value is -1.17. The number of nitro benzene ring substituents is 1. The van der Waals surface area contributed by atoms with Crippen molar-refractivity contribution in [1.29, 1.82) is 0 Å². The summed E-state index contributed by atoms with van der Waals surface area (Å²) >= 11 is 5.83. The van der Waals surface area contributed by atoms with Crippen molar-refractivity contribution in [2.24, 2.45) is 11.1 Å². The first-order valence-electron chi connectivity index (χ1n) is 6.70. The van der Waals surface area contributed by atoms with Crippen molar-refractivity contribution in [3.05, 3.63) is 38.9 Å². The Kier molecular flexibility index (Phi) is 4.32. The van der Waals surface area contributed by atoms with Gasteiger partial charge in [0, 0.05) is 42.3 Å². The molecule has 6 heteroatoms. The third-order valence-corrected chi connectivity index (χ3v) is 4.26. The smallest absolute Gasteiger partial charge is 0.275 e. The lowest BCUT2D eigenvalue weighted by Gasteiger charge is -2.42. The highest BCUT2D eigenvalue weighted by atomic mass is 35.5. The number of likely N-dealkylation sites (tertiary alicyclic amines) is 1. The summed E-state index contributed by atoms with van der Waals surface area (Å²) in [6, 6.07) is 5.03. The molecule has 1 aromatic rings. The Morgan fingerprint density at radius 1 is 1.55 bits per heavy atom. The van der Waals surface area contributed by atoms with Gasteiger partial charge in [-0.15, -0.1) is 0 Å². The molecule has 2 rings (SSSR count). The van der Waals surface area contributed by atoms with Crippen LogP contribution in [0.2, 0.25) is 5.02 Å². The summed E-state index contributed by atoms with van der Waals surface area (Å²) in [5.41, 5.74) is 6.93. The number of nitro groups is 1. The summed E-state index contributed by atoms with van der Waals surface area (Å²) in [7, 11) is 0. The topological polar surface area (TPSA) is 72.4 Å². The summed E-state index contributed by atoms with van der Waals surface area (Å²) in [5, 5.41) is 11.5. The molecule has 0 amide bonds. The van der Waals surface area contributed by atoms with E-state index in [-0.39, 0.29) is 22.1 Å². The minimum atomic E-state index is -0.373. The normalized spacial score (nSPS) is 22.7. The van der Waals surface area contributed by atoms with Gasteiger partial charge in [-0.25, -0.2) is 0 Å². The van der Waals surface area contributed by atoms with Crippen LogP contribution >= 0.6 is 11.6 Å². The molecule has 1 aliphatic heterocycles. The van der Waals surface area contributed by atoms with Crippen molar-refractivity contribution in [2.75, 3.05) is 13.1 Å². The summed E-state index contributed by atoms with van der Waals surface area (Å²) in [6.45, 7) is 6.54. The van der Waals surface area contributed by atoms with E-state index in [1.54, 1.807) is 12.1 Å². The zero-order valence-electron chi connectivity index (χ0n) is 11.8. The molecule has 1 aliphatic rings. The van der Waals surface area contributed by atoms with Gasteiger partial charge in [-0.3, -0.25) is 15.0 Å². The summed E-state index contributed by atoms with van der Waals surface area (Å²) in [5.74, 6) is 0. The van der Waals surface area contributed by atoms with Gasteiger partial charge in [0.25, 0.3) is 5.69 Å². The van der Waals surface area contributed by atoms with Gasteiger partial charge in [0.1, 0.15) is 0 Å². The highest BCUT2D eigenvalue weighted by Crippen LogP contribution is 2.30. The van der Waals surface area contributed by atoms with Gasteiger partial charge < -0.3 is 5.73 Å². The van der Waals surface area contributed by atoms with Crippen LogP contribution in [0.25, 0.3) is 0 Å². The van der Waals surface area contributed by atoms with Crippen LogP contribution in [0.3, 0.4) is 0 Å². The Morgan fingerprint density at radius 3 is 2.85 bits per heavy atom. The number of nitrogens with zero attached hydrogens (tertiary/aromatic N) is 2. The number of nitrogens with two attached hydrogens (primary N) is 1. The van der Waals surface area contributed by atoms with Crippen molar-refractivity contribution in [2.45, 2.75) is 32.9 Å². The predicted molar refractivity (Wildman–Crippen MR) is 79.8 cm³/mol. The number of benzene rings is 1. The van der Waals surface area contributed by atoms with Crippen molar-refractivity contribution < 1.29 is 4.92 Å². The molecule has 0 radical (unpaired) electrons. The number of hydrogen-bond donors (Lipinski definition) is 1. The average Bonchev–Trinajstić information content (AvgIpc) is 2.35. The number of hydrogen-bond acceptors (Lipinski definition) is 4. The molecule has 1 atom stereocenters. The predicted octanol–water partition coefficient (Wildman–Crippen LogP) is 2.81. The molecule has 1 unspecified atom stereocenters. The van der Waals surface area contributed by atoms with E-state index in [1.165, 1.54) is 6.07 Å². The second kappa shape index (κ2) is 5.68. The number of piperidine rings is 1. The van der Waals surface area contributed by atoms with Crippen LogP contribution < -0.4 is 5.73 Å². The minimum Gasteiger partial charge on any atom is -0.327 e. The second-order valence-electron chi connectivity index (χ2n) is 6.12.